The molecule has 1 amide bonds. The molecule has 0 unspecified atom stereocenters. The van der Waals surface area contributed by atoms with Gasteiger partial charge in [-0.3, -0.25) is 4.90 Å². The molecular formula is C21H28F4N2O2. The number of ether oxygens (including phenoxy) is 1. The van der Waals surface area contributed by atoms with Gasteiger partial charge >= 0.3 is 12.3 Å². The first-order valence-electron chi connectivity index (χ1n) is 10.1. The number of nitrogens with zero attached hydrogens (tertiary/aromatic N) is 1. The molecule has 29 heavy (non-hydrogen) atoms. The molecule has 1 saturated carbocycles. The van der Waals surface area contributed by atoms with Crippen molar-refractivity contribution in [2.75, 3.05) is 19.7 Å². The van der Waals surface area contributed by atoms with Crippen molar-refractivity contribution in [3.63, 3.8) is 0 Å². The van der Waals surface area contributed by atoms with Crippen molar-refractivity contribution in [3.8, 4) is 0 Å². The number of rotatable bonds is 5. The van der Waals surface area contributed by atoms with E-state index in [4.69, 9.17) is 4.74 Å². The number of nitrogens with one attached hydrogen (secondary N) is 1. The molecule has 8 heteroatoms. The summed E-state index contributed by atoms with van der Waals surface area (Å²) < 4.78 is 57.2. The zero-order valence-electron chi connectivity index (χ0n) is 16.8. The number of alkyl halides is 3. The van der Waals surface area contributed by atoms with E-state index >= 15 is 0 Å². The highest BCUT2D eigenvalue weighted by Gasteiger charge is 2.46. The van der Waals surface area contributed by atoms with Crippen LogP contribution >= 0.6 is 0 Å². The van der Waals surface area contributed by atoms with Crippen molar-refractivity contribution in [2.24, 2.45) is 11.3 Å². The third-order valence-electron chi connectivity index (χ3n) is 5.89. The molecule has 162 valence electrons. The summed E-state index contributed by atoms with van der Waals surface area (Å²) in [4.78, 5) is 13.9. The van der Waals surface area contributed by atoms with Gasteiger partial charge in [-0.1, -0.05) is 19.9 Å². The monoisotopic (exact) mass is 416 g/mol. The number of carbonyl (C=O) groups is 1. The summed E-state index contributed by atoms with van der Waals surface area (Å²) in [6, 6.07) is 3.35. The van der Waals surface area contributed by atoms with Crippen LogP contribution in [0.1, 0.15) is 50.7 Å². The largest absolute Gasteiger partial charge is 0.449 e. The number of carbonyl (C=O) groups excluding carboxylic acids is 1. The molecule has 1 saturated heterocycles. The first-order chi connectivity index (χ1) is 13.6. The summed E-state index contributed by atoms with van der Waals surface area (Å²) in [6.45, 7) is 6.30. The molecule has 1 heterocycles. The third kappa shape index (κ3) is 5.62. The van der Waals surface area contributed by atoms with E-state index in [1.54, 1.807) is 0 Å². The Kier molecular flexibility index (Phi) is 6.41. The van der Waals surface area contributed by atoms with E-state index in [1.165, 1.54) is 6.07 Å². The molecule has 4 nitrogen and oxygen atoms in total. The molecule has 1 aromatic rings. The molecule has 1 aliphatic heterocycles. The predicted molar refractivity (Wildman–Crippen MR) is 101 cm³/mol. The average Bonchev–Trinajstić information content (AvgIpc) is 2.61. The van der Waals surface area contributed by atoms with E-state index in [-0.39, 0.29) is 17.6 Å². The molecule has 2 fully saturated rings. The number of alkyl carbamates (subject to hydrolysis) is 1. The van der Waals surface area contributed by atoms with E-state index < -0.39 is 17.6 Å². The number of piperidine rings is 1. The molecule has 1 spiro atoms. The van der Waals surface area contributed by atoms with Crippen molar-refractivity contribution >= 4 is 6.09 Å². The summed E-state index contributed by atoms with van der Waals surface area (Å²) in [5, 5.41) is 2.90. The van der Waals surface area contributed by atoms with Crippen LogP contribution in [-0.4, -0.2) is 36.7 Å². The first-order valence-corrected chi connectivity index (χ1v) is 10.1. The molecule has 0 atom stereocenters. The van der Waals surface area contributed by atoms with Crippen LogP contribution in [0.5, 0.6) is 0 Å². The van der Waals surface area contributed by atoms with Crippen molar-refractivity contribution in [3.05, 3.63) is 35.1 Å². The average molecular weight is 416 g/mol. The molecule has 1 N–H and O–H groups in total. The van der Waals surface area contributed by atoms with Crippen LogP contribution in [0, 0.1) is 17.2 Å². The van der Waals surface area contributed by atoms with Crippen LogP contribution in [0.4, 0.5) is 22.4 Å². The highest BCUT2D eigenvalue weighted by Crippen LogP contribution is 2.49. The lowest BCUT2D eigenvalue weighted by Gasteiger charge is -2.52. The van der Waals surface area contributed by atoms with Gasteiger partial charge < -0.3 is 10.1 Å². The predicted octanol–water partition coefficient (Wildman–Crippen LogP) is 4.97. The van der Waals surface area contributed by atoms with Gasteiger partial charge in [0.15, 0.2) is 0 Å². The van der Waals surface area contributed by atoms with Gasteiger partial charge in [-0.25, -0.2) is 9.18 Å². The van der Waals surface area contributed by atoms with Gasteiger partial charge in [-0.05, 0) is 67.8 Å². The molecule has 1 aliphatic carbocycles. The Bertz CT molecular complexity index is 720. The Morgan fingerprint density at radius 1 is 1.28 bits per heavy atom. The number of amides is 1. The molecule has 0 bridgehead atoms. The van der Waals surface area contributed by atoms with Gasteiger partial charge in [0, 0.05) is 12.6 Å². The highest BCUT2D eigenvalue weighted by molar-refractivity contribution is 5.67. The van der Waals surface area contributed by atoms with Crippen LogP contribution < -0.4 is 5.32 Å². The summed E-state index contributed by atoms with van der Waals surface area (Å²) in [7, 11) is 0. The second kappa shape index (κ2) is 8.50. The maximum atomic E-state index is 13.4. The smallest absolute Gasteiger partial charge is 0.419 e. The molecule has 0 aromatic heterocycles. The zero-order chi connectivity index (χ0) is 21.2. The number of benzene rings is 1. The second-order valence-corrected chi connectivity index (χ2v) is 8.83. The maximum Gasteiger partial charge on any atom is 0.419 e. The van der Waals surface area contributed by atoms with Crippen LogP contribution in [0.15, 0.2) is 18.2 Å². The number of likely N-dealkylation sites (tertiary alicyclic amines) is 1. The van der Waals surface area contributed by atoms with Gasteiger partial charge in [0.25, 0.3) is 0 Å². The van der Waals surface area contributed by atoms with Crippen molar-refractivity contribution in [1.82, 2.24) is 10.2 Å². The Balaban J connectivity index is 1.44. The lowest BCUT2D eigenvalue weighted by Crippen LogP contribution is -2.54. The molecule has 3 rings (SSSR count). The van der Waals surface area contributed by atoms with Crippen molar-refractivity contribution in [2.45, 2.75) is 58.3 Å². The minimum absolute atomic E-state index is 0.132. The fourth-order valence-corrected chi connectivity index (χ4v) is 4.28. The summed E-state index contributed by atoms with van der Waals surface area (Å²) in [5.41, 5.74) is -0.539. The highest BCUT2D eigenvalue weighted by atomic mass is 19.4. The van der Waals surface area contributed by atoms with Gasteiger partial charge in [-0.2, -0.15) is 13.2 Å². The normalized spacial score (nSPS) is 20.0. The Hall–Kier alpha value is -1.83. The van der Waals surface area contributed by atoms with Crippen LogP contribution in [0.25, 0.3) is 0 Å². The fourth-order valence-electron chi connectivity index (χ4n) is 4.28. The Labute approximate surface area is 168 Å². The Morgan fingerprint density at radius 2 is 1.93 bits per heavy atom. The Morgan fingerprint density at radius 3 is 2.52 bits per heavy atom. The summed E-state index contributed by atoms with van der Waals surface area (Å²) in [5.74, 6) is -0.940. The van der Waals surface area contributed by atoms with Crippen LogP contribution in [0.2, 0.25) is 0 Å². The molecular weight excluding hydrogens is 388 g/mol. The molecule has 1 aromatic carbocycles. The van der Waals surface area contributed by atoms with E-state index in [0.29, 0.717) is 24.6 Å². The van der Waals surface area contributed by atoms with Crippen molar-refractivity contribution < 1.29 is 27.1 Å². The van der Waals surface area contributed by atoms with Crippen LogP contribution in [0.3, 0.4) is 0 Å². The number of hydrogen-bond acceptors (Lipinski definition) is 3. The number of hydrogen-bond donors (Lipinski definition) is 1. The van der Waals surface area contributed by atoms with E-state index in [9.17, 15) is 22.4 Å². The third-order valence-corrected chi connectivity index (χ3v) is 5.89. The van der Waals surface area contributed by atoms with Crippen molar-refractivity contribution in [1.29, 1.82) is 0 Å². The SMILES string of the molecule is CC(C)COC(=O)NC1CC2(CCN(Cc3ccc(F)c(C(F)(F)F)c3)CC2)C1. The lowest BCUT2D eigenvalue weighted by molar-refractivity contribution is -0.140. The maximum absolute atomic E-state index is 13.4. The second-order valence-electron chi connectivity index (χ2n) is 8.83. The quantitative estimate of drug-likeness (QED) is 0.689. The summed E-state index contributed by atoms with van der Waals surface area (Å²) >= 11 is 0. The summed E-state index contributed by atoms with van der Waals surface area (Å²) in [6.07, 6.45) is -1.35. The number of halogens is 4. The van der Waals surface area contributed by atoms with Gasteiger partial charge in [0.05, 0.1) is 12.2 Å². The van der Waals surface area contributed by atoms with Gasteiger partial charge in [0.1, 0.15) is 5.82 Å². The topological polar surface area (TPSA) is 41.6 Å². The fraction of sp³-hybridized carbons (Fsp3) is 0.667. The van der Waals surface area contributed by atoms with Crippen LogP contribution in [-0.2, 0) is 17.5 Å². The minimum atomic E-state index is -4.68. The molecule has 2 aliphatic rings. The molecule has 0 radical (unpaired) electrons. The van der Waals surface area contributed by atoms with E-state index in [1.807, 2.05) is 13.8 Å². The minimum Gasteiger partial charge on any atom is -0.449 e. The van der Waals surface area contributed by atoms with E-state index in [0.717, 1.165) is 50.9 Å². The van der Waals surface area contributed by atoms with E-state index in [2.05, 4.69) is 10.2 Å². The first kappa shape index (κ1) is 21.9. The lowest BCUT2D eigenvalue weighted by atomic mass is 9.60. The van der Waals surface area contributed by atoms with Gasteiger partial charge in [0.2, 0.25) is 0 Å². The van der Waals surface area contributed by atoms with Gasteiger partial charge in [-0.15, -0.1) is 0 Å². The standard InChI is InChI=1S/C21H28F4N2O2/c1-14(2)13-29-19(28)26-16-10-20(11-16)5-7-27(8-6-20)12-15-3-4-18(22)17(9-15)21(23,24)25/h3-4,9,14,16H,5-8,10-13H2,1-2H3,(H,26,28). The zero-order valence-corrected chi connectivity index (χ0v) is 16.8.